The van der Waals surface area contributed by atoms with Gasteiger partial charge in [0.25, 0.3) is 0 Å². The van der Waals surface area contributed by atoms with Crippen LogP contribution in [0.4, 0.5) is 0 Å². The van der Waals surface area contributed by atoms with Crippen molar-refractivity contribution in [3.63, 3.8) is 0 Å². The largest absolute Gasteiger partial charge is 0.292 e. The van der Waals surface area contributed by atoms with Crippen molar-refractivity contribution in [2.24, 2.45) is 0 Å². The predicted molar refractivity (Wildman–Crippen MR) is 87.9 cm³/mol. The summed E-state index contributed by atoms with van der Waals surface area (Å²) < 4.78 is 23.9. The highest BCUT2D eigenvalue weighted by Crippen LogP contribution is 2.24. The SMILES string of the molecule is CC(C(=O)c1cccc(Cl)c1)N1CCSCC1S(C)(=O)=O. The molecule has 21 heavy (non-hydrogen) atoms. The zero-order valence-electron chi connectivity index (χ0n) is 12.0. The molecule has 1 aliphatic rings. The maximum Gasteiger partial charge on any atom is 0.179 e. The zero-order chi connectivity index (χ0) is 15.6. The third-order valence-corrected chi connectivity index (χ3v) is 6.50. The van der Waals surface area contributed by atoms with E-state index in [9.17, 15) is 13.2 Å². The summed E-state index contributed by atoms with van der Waals surface area (Å²) >= 11 is 7.52. The second-order valence-corrected chi connectivity index (χ2v) is 8.94. The summed E-state index contributed by atoms with van der Waals surface area (Å²) in [6.07, 6.45) is 1.23. The fourth-order valence-corrected chi connectivity index (χ4v) is 5.59. The first-order chi connectivity index (χ1) is 9.80. The van der Waals surface area contributed by atoms with Crippen molar-refractivity contribution >= 4 is 39.0 Å². The highest BCUT2D eigenvalue weighted by atomic mass is 35.5. The summed E-state index contributed by atoms with van der Waals surface area (Å²) in [7, 11) is -3.22. The van der Waals surface area contributed by atoms with Gasteiger partial charge in [0.1, 0.15) is 5.37 Å². The van der Waals surface area contributed by atoms with Crippen LogP contribution in [0.25, 0.3) is 0 Å². The minimum absolute atomic E-state index is 0.0990. The molecule has 1 aromatic rings. The number of benzene rings is 1. The number of carbonyl (C=O) groups excluding carboxylic acids is 1. The first-order valence-electron chi connectivity index (χ1n) is 6.63. The van der Waals surface area contributed by atoms with E-state index in [0.29, 0.717) is 22.9 Å². The molecule has 0 aromatic heterocycles. The molecular weight excluding hydrogens is 330 g/mol. The van der Waals surface area contributed by atoms with Crippen molar-refractivity contribution in [1.82, 2.24) is 4.90 Å². The van der Waals surface area contributed by atoms with Gasteiger partial charge in [0, 0.05) is 34.9 Å². The molecule has 0 aliphatic carbocycles. The van der Waals surface area contributed by atoms with Crippen LogP contribution in [0.3, 0.4) is 0 Å². The first kappa shape index (κ1) is 16.8. The molecule has 0 bridgehead atoms. The lowest BCUT2D eigenvalue weighted by molar-refractivity contribution is 0.0833. The highest BCUT2D eigenvalue weighted by molar-refractivity contribution is 8.00. The van der Waals surface area contributed by atoms with Crippen molar-refractivity contribution in [2.75, 3.05) is 24.3 Å². The van der Waals surface area contributed by atoms with Crippen molar-refractivity contribution < 1.29 is 13.2 Å². The van der Waals surface area contributed by atoms with E-state index in [1.54, 1.807) is 47.9 Å². The van der Waals surface area contributed by atoms with Gasteiger partial charge in [-0.2, -0.15) is 11.8 Å². The van der Waals surface area contributed by atoms with Gasteiger partial charge < -0.3 is 0 Å². The van der Waals surface area contributed by atoms with Crippen molar-refractivity contribution in [3.05, 3.63) is 34.9 Å². The molecular formula is C14H18ClNO3S2. The van der Waals surface area contributed by atoms with Gasteiger partial charge in [-0.25, -0.2) is 8.42 Å². The number of thioether (sulfide) groups is 1. The Morgan fingerprint density at radius 3 is 2.81 bits per heavy atom. The lowest BCUT2D eigenvalue weighted by Crippen LogP contribution is -2.53. The highest BCUT2D eigenvalue weighted by Gasteiger charge is 2.36. The number of ketones is 1. The summed E-state index contributed by atoms with van der Waals surface area (Å²) in [5.41, 5.74) is 0.514. The Labute approximate surface area is 134 Å². The van der Waals surface area contributed by atoms with E-state index in [0.717, 1.165) is 5.75 Å². The van der Waals surface area contributed by atoms with E-state index in [1.807, 2.05) is 0 Å². The lowest BCUT2D eigenvalue weighted by atomic mass is 10.0. The van der Waals surface area contributed by atoms with Gasteiger partial charge >= 0.3 is 0 Å². The molecule has 0 saturated carbocycles. The van der Waals surface area contributed by atoms with Gasteiger partial charge in [-0.3, -0.25) is 9.69 Å². The van der Waals surface area contributed by atoms with E-state index in [4.69, 9.17) is 11.6 Å². The van der Waals surface area contributed by atoms with E-state index < -0.39 is 21.3 Å². The maximum atomic E-state index is 12.6. The molecule has 1 aliphatic heterocycles. The molecule has 2 rings (SSSR count). The molecule has 7 heteroatoms. The fourth-order valence-electron chi connectivity index (χ4n) is 2.44. The van der Waals surface area contributed by atoms with Crippen LogP contribution in [-0.2, 0) is 9.84 Å². The second-order valence-electron chi connectivity index (χ2n) is 5.15. The normalized spacial score (nSPS) is 22.0. The van der Waals surface area contributed by atoms with Gasteiger partial charge in [-0.1, -0.05) is 23.7 Å². The molecule has 1 fully saturated rings. The molecule has 2 unspecified atom stereocenters. The van der Waals surface area contributed by atoms with Crippen LogP contribution in [0.2, 0.25) is 5.02 Å². The third-order valence-electron chi connectivity index (χ3n) is 3.60. The van der Waals surface area contributed by atoms with Gasteiger partial charge in [-0.05, 0) is 19.1 Å². The van der Waals surface area contributed by atoms with Gasteiger partial charge in [0.15, 0.2) is 15.6 Å². The number of hydrogen-bond donors (Lipinski definition) is 0. The number of Topliss-reactive ketones (excluding diaryl/α,β-unsaturated/α-hetero) is 1. The van der Waals surface area contributed by atoms with Crippen LogP contribution in [0.5, 0.6) is 0 Å². The minimum atomic E-state index is -3.22. The van der Waals surface area contributed by atoms with Crippen LogP contribution in [0.15, 0.2) is 24.3 Å². The van der Waals surface area contributed by atoms with Crippen LogP contribution in [0, 0.1) is 0 Å². The summed E-state index contributed by atoms with van der Waals surface area (Å²) in [4.78, 5) is 14.4. The smallest absolute Gasteiger partial charge is 0.179 e. The topological polar surface area (TPSA) is 54.5 Å². The van der Waals surface area contributed by atoms with Crippen molar-refractivity contribution in [1.29, 1.82) is 0 Å². The predicted octanol–water partition coefficient (Wildman–Crippen LogP) is 2.33. The molecule has 4 nitrogen and oxygen atoms in total. The Bertz CT molecular complexity index is 633. The average molecular weight is 348 g/mol. The summed E-state index contributed by atoms with van der Waals surface area (Å²) in [6, 6.07) is 6.28. The minimum Gasteiger partial charge on any atom is -0.292 e. The zero-order valence-corrected chi connectivity index (χ0v) is 14.3. The molecule has 1 saturated heterocycles. The quantitative estimate of drug-likeness (QED) is 0.782. The lowest BCUT2D eigenvalue weighted by Gasteiger charge is -2.37. The maximum absolute atomic E-state index is 12.6. The molecule has 0 amide bonds. The number of hydrogen-bond acceptors (Lipinski definition) is 5. The summed E-state index contributed by atoms with van der Waals surface area (Å²) in [5, 5.41) is -0.101. The molecule has 0 N–H and O–H groups in total. The van der Waals surface area contributed by atoms with Crippen LogP contribution < -0.4 is 0 Å². The average Bonchev–Trinajstić information content (AvgIpc) is 2.45. The first-order valence-corrected chi connectivity index (χ1v) is 10.1. The summed E-state index contributed by atoms with van der Waals surface area (Å²) in [5.74, 6) is 1.24. The van der Waals surface area contributed by atoms with Crippen LogP contribution in [-0.4, -0.2) is 54.8 Å². The number of nitrogens with zero attached hydrogens (tertiary/aromatic N) is 1. The van der Waals surface area contributed by atoms with Crippen LogP contribution >= 0.6 is 23.4 Å². The van der Waals surface area contributed by atoms with Crippen molar-refractivity contribution in [3.8, 4) is 0 Å². The van der Waals surface area contributed by atoms with Gasteiger partial charge in [0.05, 0.1) is 6.04 Å². The van der Waals surface area contributed by atoms with E-state index >= 15 is 0 Å². The number of halogens is 1. The second kappa shape index (κ2) is 6.69. The number of carbonyl (C=O) groups is 1. The summed E-state index contributed by atoms with van der Waals surface area (Å²) in [6.45, 7) is 2.35. The van der Waals surface area contributed by atoms with Crippen molar-refractivity contribution in [2.45, 2.75) is 18.3 Å². The van der Waals surface area contributed by atoms with Gasteiger partial charge in [-0.15, -0.1) is 0 Å². The van der Waals surface area contributed by atoms with E-state index in [1.165, 1.54) is 6.26 Å². The van der Waals surface area contributed by atoms with E-state index in [-0.39, 0.29) is 5.78 Å². The third kappa shape index (κ3) is 4.00. The molecule has 2 atom stereocenters. The van der Waals surface area contributed by atoms with E-state index in [2.05, 4.69) is 0 Å². The Morgan fingerprint density at radius 1 is 1.48 bits per heavy atom. The molecule has 1 heterocycles. The Hall–Kier alpha value is -0.560. The Morgan fingerprint density at radius 2 is 2.19 bits per heavy atom. The standard InChI is InChI=1S/C14H18ClNO3S2/c1-10(14(17)11-4-3-5-12(15)8-11)16-6-7-20-9-13(16)21(2,18)19/h3-5,8,10,13H,6-7,9H2,1-2H3. The Balaban J connectivity index is 2.25. The molecule has 1 aromatic carbocycles. The monoisotopic (exact) mass is 347 g/mol. The fraction of sp³-hybridized carbons (Fsp3) is 0.500. The molecule has 116 valence electrons. The van der Waals surface area contributed by atoms with Crippen LogP contribution in [0.1, 0.15) is 17.3 Å². The molecule has 0 spiro atoms. The number of rotatable bonds is 4. The molecule has 0 radical (unpaired) electrons. The number of sulfone groups is 1. The van der Waals surface area contributed by atoms with Gasteiger partial charge in [0.2, 0.25) is 0 Å². The Kier molecular flexibility index (Phi) is 5.35.